The summed E-state index contributed by atoms with van der Waals surface area (Å²) in [5.74, 6) is -1.04. The monoisotopic (exact) mass is 290 g/mol. The highest BCUT2D eigenvalue weighted by Gasteiger charge is 2.10. The third-order valence-electron chi connectivity index (χ3n) is 1.97. The number of benzene rings is 1. The summed E-state index contributed by atoms with van der Waals surface area (Å²) in [6.07, 6.45) is 0. The fourth-order valence-corrected chi connectivity index (χ4v) is 2.09. The van der Waals surface area contributed by atoms with Crippen molar-refractivity contribution in [3.05, 3.63) is 34.3 Å². The number of halogens is 2. The maximum absolute atomic E-state index is 10.7. The first-order chi connectivity index (χ1) is 7.58. The molecule has 0 aliphatic rings. The van der Waals surface area contributed by atoms with Crippen LogP contribution in [0.15, 0.2) is 23.6 Å². The SMILES string of the molecule is Cl.Nc1cc(-c2nc(C(=O)O)cs2)ccc1Cl. The van der Waals surface area contributed by atoms with E-state index in [0.29, 0.717) is 15.7 Å². The van der Waals surface area contributed by atoms with Crippen molar-refractivity contribution in [2.24, 2.45) is 0 Å². The zero-order valence-electron chi connectivity index (χ0n) is 8.38. The molecule has 2 aromatic rings. The Bertz CT molecular complexity index is 557. The lowest BCUT2D eigenvalue weighted by Crippen LogP contribution is -1.95. The van der Waals surface area contributed by atoms with E-state index in [-0.39, 0.29) is 18.1 Å². The first kappa shape index (κ1) is 13.8. The van der Waals surface area contributed by atoms with Gasteiger partial charge in [0.1, 0.15) is 5.01 Å². The molecule has 0 saturated carbocycles. The molecule has 0 fully saturated rings. The summed E-state index contributed by atoms with van der Waals surface area (Å²) in [5.41, 5.74) is 6.90. The summed E-state index contributed by atoms with van der Waals surface area (Å²) in [5, 5.41) is 11.3. The van der Waals surface area contributed by atoms with Crippen molar-refractivity contribution in [3.63, 3.8) is 0 Å². The van der Waals surface area contributed by atoms with Gasteiger partial charge in [0.25, 0.3) is 0 Å². The van der Waals surface area contributed by atoms with Crippen molar-refractivity contribution in [3.8, 4) is 10.6 Å². The summed E-state index contributed by atoms with van der Waals surface area (Å²) in [4.78, 5) is 14.6. The standard InChI is InChI=1S/C10H7ClN2O2S.ClH/c11-6-2-1-5(3-7(6)12)9-13-8(4-16-9)10(14)15;/h1-4H,12H2,(H,14,15);1H. The average Bonchev–Trinajstić information content (AvgIpc) is 2.71. The normalized spacial score (nSPS) is 9.71. The second kappa shape index (κ2) is 5.35. The van der Waals surface area contributed by atoms with Gasteiger partial charge in [-0.05, 0) is 12.1 Å². The third kappa shape index (κ3) is 2.88. The highest BCUT2D eigenvalue weighted by molar-refractivity contribution is 7.13. The fraction of sp³-hybridized carbons (Fsp3) is 0. The molecular formula is C10H8Cl2N2O2S. The van der Waals surface area contributed by atoms with E-state index in [4.69, 9.17) is 22.4 Å². The Morgan fingerprint density at radius 1 is 1.47 bits per heavy atom. The van der Waals surface area contributed by atoms with Crippen molar-refractivity contribution < 1.29 is 9.90 Å². The topological polar surface area (TPSA) is 76.2 Å². The molecular weight excluding hydrogens is 283 g/mol. The van der Waals surface area contributed by atoms with E-state index in [0.717, 1.165) is 5.56 Å². The number of carbonyl (C=O) groups is 1. The van der Waals surface area contributed by atoms with Gasteiger partial charge < -0.3 is 10.8 Å². The van der Waals surface area contributed by atoms with Crippen LogP contribution in [0.3, 0.4) is 0 Å². The lowest BCUT2D eigenvalue weighted by atomic mass is 10.2. The van der Waals surface area contributed by atoms with E-state index < -0.39 is 5.97 Å². The number of anilines is 1. The summed E-state index contributed by atoms with van der Waals surface area (Å²) >= 11 is 7.04. The average molecular weight is 291 g/mol. The van der Waals surface area contributed by atoms with Gasteiger partial charge in [-0.2, -0.15) is 0 Å². The van der Waals surface area contributed by atoms with Gasteiger partial charge in [-0.3, -0.25) is 0 Å². The lowest BCUT2D eigenvalue weighted by molar-refractivity contribution is 0.0691. The maximum atomic E-state index is 10.7. The Balaban J connectivity index is 0.00000144. The first-order valence-electron chi connectivity index (χ1n) is 4.32. The van der Waals surface area contributed by atoms with Crippen LogP contribution in [0.5, 0.6) is 0 Å². The molecule has 0 aliphatic heterocycles. The molecule has 4 nitrogen and oxygen atoms in total. The van der Waals surface area contributed by atoms with Gasteiger partial charge in [0.15, 0.2) is 5.69 Å². The van der Waals surface area contributed by atoms with Crippen LogP contribution in [0.1, 0.15) is 10.5 Å². The number of nitrogen functional groups attached to an aromatic ring is 1. The van der Waals surface area contributed by atoms with Gasteiger partial charge in [0.2, 0.25) is 0 Å². The number of nitrogens with zero attached hydrogens (tertiary/aromatic N) is 1. The van der Waals surface area contributed by atoms with E-state index in [2.05, 4.69) is 4.98 Å². The van der Waals surface area contributed by atoms with Crippen LogP contribution in [-0.2, 0) is 0 Å². The molecule has 3 N–H and O–H groups in total. The Morgan fingerprint density at radius 2 is 2.18 bits per heavy atom. The second-order valence-corrected chi connectivity index (χ2v) is 4.34. The predicted octanol–water partition coefficient (Wildman–Crippen LogP) is 3.17. The Morgan fingerprint density at radius 3 is 2.71 bits per heavy atom. The summed E-state index contributed by atoms with van der Waals surface area (Å²) in [6, 6.07) is 5.09. The molecule has 0 atom stereocenters. The van der Waals surface area contributed by atoms with Crippen molar-refractivity contribution >= 4 is 47.0 Å². The van der Waals surface area contributed by atoms with E-state index in [9.17, 15) is 4.79 Å². The zero-order valence-corrected chi connectivity index (χ0v) is 10.8. The molecule has 0 radical (unpaired) electrons. The van der Waals surface area contributed by atoms with Crippen LogP contribution in [0.2, 0.25) is 5.02 Å². The molecule has 0 bridgehead atoms. The van der Waals surface area contributed by atoms with Gasteiger partial charge in [-0.25, -0.2) is 9.78 Å². The zero-order chi connectivity index (χ0) is 11.7. The summed E-state index contributed by atoms with van der Waals surface area (Å²) in [7, 11) is 0. The van der Waals surface area contributed by atoms with E-state index in [1.54, 1.807) is 18.2 Å². The van der Waals surface area contributed by atoms with E-state index >= 15 is 0 Å². The first-order valence-corrected chi connectivity index (χ1v) is 5.58. The largest absolute Gasteiger partial charge is 0.476 e. The maximum Gasteiger partial charge on any atom is 0.355 e. The Hall–Kier alpha value is -1.30. The molecule has 0 spiro atoms. The number of hydrogen-bond donors (Lipinski definition) is 2. The number of rotatable bonds is 2. The number of carboxylic acids is 1. The van der Waals surface area contributed by atoms with Crippen molar-refractivity contribution in [1.29, 1.82) is 0 Å². The van der Waals surface area contributed by atoms with Crippen molar-refractivity contribution in [1.82, 2.24) is 4.98 Å². The van der Waals surface area contributed by atoms with Crippen LogP contribution in [0.4, 0.5) is 5.69 Å². The minimum absolute atomic E-state index is 0. The Kier molecular flexibility index (Phi) is 4.34. The molecule has 0 aliphatic carbocycles. The molecule has 1 aromatic heterocycles. The summed E-state index contributed by atoms with van der Waals surface area (Å²) in [6.45, 7) is 0. The van der Waals surface area contributed by atoms with E-state index in [1.165, 1.54) is 16.7 Å². The molecule has 1 heterocycles. The van der Waals surface area contributed by atoms with Gasteiger partial charge in [0.05, 0.1) is 10.7 Å². The van der Waals surface area contributed by atoms with Crippen LogP contribution < -0.4 is 5.73 Å². The minimum atomic E-state index is -1.04. The molecule has 1 aromatic carbocycles. The smallest absolute Gasteiger partial charge is 0.355 e. The van der Waals surface area contributed by atoms with Crippen molar-refractivity contribution in [2.75, 3.05) is 5.73 Å². The number of nitrogens with two attached hydrogens (primary N) is 1. The summed E-state index contributed by atoms with van der Waals surface area (Å²) < 4.78 is 0. The molecule has 0 unspecified atom stereocenters. The number of aromatic carboxylic acids is 1. The minimum Gasteiger partial charge on any atom is -0.476 e. The fourth-order valence-electron chi connectivity index (χ4n) is 1.18. The van der Waals surface area contributed by atoms with Gasteiger partial charge in [-0.1, -0.05) is 17.7 Å². The highest BCUT2D eigenvalue weighted by Crippen LogP contribution is 2.28. The molecule has 2 rings (SSSR count). The molecule has 0 saturated heterocycles. The number of thiazole rings is 1. The predicted molar refractivity (Wildman–Crippen MR) is 71.2 cm³/mol. The Labute approximate surface area is 112 Å². The number of hydrogen-bond acceptors (Lipinski definition) is 4. The second-order valence-electron chi connectivity index (χ2n) is 3.08. The van der Waals surface area contributed by atoms with Crippen LogP contribution in [0, 0.1) is 0 Å². The van der Waals surface area contributed by atoms with Crippen LogP contribution >= 0.6 is 35.3 Å². The molecule has 0 amide bonds. The van der Waals surface area contributed by atoms with E-state index in [1.807, 2.05) is 0 Å². The molecule has 7 heteroatoms. The molecule has 17 heavy (non-hydrogen) atoms. The third-order valence-corrected chi connectivity index (χ3v) is 3.20. The number of carboxylic acid groups (broad SMARTS) is 1. The van der Waals surface area contributed by atoms with Crippen LogP contribution in [-0.4, -0.2) is 16.1 Å². The molecule has 90 valence electrons. The quantitative estimate of drug-likeness (QED) is 0.833. The van der Waals surface area contributed by atoms with Gasteiger partial charge in [-0.15, -0.1) is 23.7 Å². The lowest BCUT2D eigenvalue weighted by Gasteiger charge is -2.00. The number of aromatic nitrogens is 1. The van der Waals surface area contributed by atoms with Crippen LogP contribution in [0.25, 0.3) is 10.6 Å². The van der Waals surface area contributed by atoms with Crippen molar-refractivity contribution in [2.45, 2.75) is 0 Å². The van der Waals surface area contributed by atoms with Gasteiger partial charge in [0, 0.05) is 10.9 Å². The van der Waals surface area contributed by atoms with Gasteiger partial charge >= 0.3 is 5.97 Å². The highest BCUT2D eigenvalue weighted by atomic mass is 35.5.